The number of rotatable bonds is 11. The van der Waals surface area contributed by atoms with Crippen LogP contribution in [0, 0.1) is 10.1 Å². The molecule has 0 radical (unpaired) electrons. The first-order valence-corrected chi connectivity index (χ1v) is 12.9. The lowest BCUT2D eigenvalue weighted by Gasteiger charge is -2.24. The van der Waals surface area contributed by atoms with Gasteiger partial charge in [-0.3, -0.25) is 19.2 Å². The van der Waals surface area contributed by atoms with Crippen molar-refractivity contribution in [1.82, 2.24) is 5.32 Å². The lowest BCUT2D eigenvalue weighted by atomic mass is 10.1. The quantitative estimate of drug-likeness (QED) is 0.224. The number of amides is 1. The Labute approximate surface area is 213 Å². The summed E-state index contributed by atoms with van der Waals surface area (Å²) in [4.78, 5) is 23.0. The number of methoxy groups -OCH3 is 1. The van der Waals surface area contributed by atoms with Gasteiger partial charge < -0.3 is 14.8 Å². The van der Waals surface area contributed by atoms with Crippen LogP contribution in [0.25, 0.3) is 0 Å². The number of nitrogens with zero attached hydrogens (tertiary/aromatic N) is 2. The molecule has 0 aliphatic carbocycles. The highest BCUT2D eigenvalue weighted by molar-refractivity contribution is 7.92. The van der Waals surface area contributed by atoms with Crippen molar-refractivity contribution in [1.29, 1.82) is 0 Å². The van der Waals surface area contributed by atoms with E-state index in [2.05, 4.69) is 5.32 Å². The number of ether oxygens (including phenoxy) is 2. The molecule has 3 rings (SSSR count). The molecule has 0 aliphatic heterocycles. The highest BCUT2D eigenvalue weighted by Crippen LogP contribution is 2.34. The lowest BCUT2D eigenvalue weighted by molar-refractivity contribution is -0.384. The molecule has 1 N–H and O–H groups in total. The van der Waals surface area contributed by atoms with Gasteiger partial charge in [-0.2, -0.15) is 0 Å². The van der Waals surface area contributed by atoms with Gasteiger partial charge in [-0.25, -0.2) is 8.42 Å². The normalized spacial score (nSPS) is 11.0. The molecule has 0 unspecified atom stereocenters. The number of carbonyl (C=O) groups is 1. The highest BCUT2D eigenvalue weighted by atomic mass is 35.5. The molecule has 0 bridgehead atoms. The van der Waals surface area contributed by atoms with Gasteiger partial charge in [0.15, 0.2) is 0 Å². The number of nitrogens with one attached hydrogen (secondary N) is 1. The van der Waals surface area contributed by atoms with E-state index in [-0.39, 0.29) is 42.7 Å². The second kappa shape index (κ2) is 11.7. The summed E-state index contributed by atoms with van der Waals surface area (Å²) < 4.78 is 36.9. The third-order valence-electron chi connectivity index (χ3n) is 5.05. The number of nitro benzene ring substituents is 1. The van der Waals surface area contributed by atoms with Crippen LogP contribution < -0.4 is 19.1 Å². The van der Waals surface area contributed by atoms with Gasteiger partial charge in [0, 0.05) is 22.7 Å². The van der Waals surface area contributed by atoms with Crippen molar-refractivity contribution in [3.05, 3.63) is 93.0 Å². The minimum atomic E-state index is -3.83. The number of nitro groups is 1. The van der Waals surface area contributed by atoms with Crippen molar-refractivity contribution in [3.8, 4) is 11.5 Å². The average molecular weight is 534 g/mol. The number of sulfonamides is 1. The topological polar surface area (TPSA) is 128 Å². The molecular formula is C24H24ClN3O7S. The van der Waals surface area contributed by atoms with Crippen LogP contribution in [0.2, 0.25) is 5.02 Å². The van der Waals surface area contributed by atoms with Crippen LogP contribution in [-0.2, 0) is 16.6 Å². The molecule has 0 aromatic heterocycles. The van der Waals surface area contributed by atoms with Gasteiger partial charge in [-0.15, -0.1) is 0 Å². The molecule has 0 spiro atoms. The van der Waals surface area contributed by atoms with E-state index >= 15 is 0 Å². The summed E-state index contributed by atoms with van der Waals surface area (Å²) in [6.45, 7) is 0.421. The van der Waals surface area contributed by atoms with Gasteiger partial charge in [0.2, 0.25) is 10.0 Å². The first-order chi connectivity index (χ1) is 17.1. The standard InChI is InChI=1S/C24H24ClN3O7S/c1-34-23-12-9-20(28(30)31)15-22(23)27(36(2,32)33)16-17-3-5-18(6-4-17)24(29)26-13-14-35-21-10-7-19(25)8-11-21/h3-12,15H,13-14,16H2,1-2H3,(H,26,29). The van der Waals surface area contributed by atoms with Crippen LogP contribution in [0.1, 0.15) is 15.9 Å². The Morgan fingerprint density at radius 2 is 1.75 bits per heavy atom. The van der Waals surface area contributed by atoms with Crippen LogP contribution in [0.15, 0.2) is 66.7 Å². The van der Waals surface area contributed by atoms with Crippen LogP contribution >= 0.6 is 11.6 Å². The Morgan fingerprint density at radius 3 is 2.33 bits per heavy atom. The van der Waals surface area contributed by atoms with E-state index < -0.39 is 14.9 Å². The number of carbonyl (C=O) groups excluding carboxylic acids is 1. The van der Waals surface area contributed by atoms with Crippen molar-refractivity contribution in [2.24, 2.45) is 0 Å². The molecule has 1 amide bonds. The van der Waals surface area contributed by atoms with Crippen molar-refractivity contribution in [3.63, 3.8) is 0 Å². The van der Waals surface area contributed by atoms with Crippen molar-refractivity contribution >= 4 is 38.9 Å². The number of benzene rings is 3. The predicted molar refractivity (Wildman–Crippen MR) is 136 cm³/mol. The second-order valence-corrected chi connectivity index (χ2v) is 9.98. The van der Waals surface area contributed by atoms with Gasteiger partial charge in [0.1, 0.15) is 23.8 Å². The first-order valence-electron chi connectivity index (χ1n) is 10.6. The number of non-ortho nitro benzene ring substituents is 1. The molecular weight excluding hydrogens is 510 g/mol. The molecule has 0 aliphatic rings. The third kappa shape index (κ3) is 7.09. The molecule has 12 heteroatoms. The number of hydrogen-bond donors (Lipinski definition) is 1. The second-order valence-electron chi connectivity index (χ2n) is 7.64. The minimum absolute atomic E-state index is 0.0386. The van der Waals surface area contributed by atoms with Crippen LogP contribution in [0.3, 0.4) is 0 Å². The summed E-state index contributed by atoms with van der Waals surface area (Å²) in [5.74, 6) is 0.484. The molecule has 0 atom stereocenters. The molecule has 190 valence electrons. The predicted octanol–water partition coefficient (Wildman–Crippen LogP) is 4.03. The number of hydrogen-bond acceptors (Lipinski definition) is 7. The molecule has 0 saturated heterocycles. The Bertz CT molecular complexity index is 1330. The Kier molecular flexibility index (Phi) is 8.73. The number of halogens is 1. The minimum Gasteiger partial charge on any atom is -0.495 e. The summed E-state index contributed by atoms with van der Waals surface area (Å²) in [6.07, 6.45) is 0.999. The largest absolute Gasteiger partial charge is 0.495 e. The maximum Gasteiger partial charge on any atom is 0.271 e. The fraction of sp³-hybridized carbons (Fsp3) is 0.208. The lowest BCUT2D eigenvalue weighted by Crippen LogP contribution is -2.30. The van der Waals surface area contributed by atoms with Gasteiger partial charge in [-0.05, 0) is 48.0 Å². The third-order valence-corrected chi connectivity index (χ3v) is 6.43. The molecule has 3 aromatic rings. The SMILES string of the molecule is COc1ccc([N+](=O)[O-])cc1N(Cc1ccc(C(=O)NCCOc2ccc(Cl)cc2)cc1)S(C)(=O)=O. The van der Waals surface area contributed by atoms with E-state index in [4.69, 9.17) is 21.1 Å². The fourth-order valence-electron chi connectivity index (χ4n) is 3.26. The van der Waals surface area contributed by atoms with Gasteiger partial charge in [0.05, 0.1) is 31.4 Å². The smallest absolute Gasteiger partial charge is 0.271 e. The van der Waals surface area contributed by atoms with Gasteiger partial charge in [-0.1, -0.05) is 23.7 Å². The molecule has 0 saturated carbocycles. The van der Waals surface area contributed by atoms with E-state index in [9.17, 15) is 23.3 Å². The molecule has 10 nitrogen and oxygen atoms in total. The van der Waals surface area contributed by atoms with E-state index in [1.165, 1.54) is 19.2 Å². The Balaban J connectivity index is 1.67. The highest BCUT2D eigenvalue weighted by Gasteiger charge is 2.24. The Hall–Kier alpha value is -3.83. The first kappa shape index (κ1) is 26.8. The maximum atomic E-state index is 12.5. The van der Waals surface area contributed by atoms with E-state index in [1.807, 2.05) is 0 Å². The fourth-order valence-corrected chi connectivity index (χ4v) is 4.27. The van der Waals surface area contributed by atoms with Gasteiger partial charge >= 0.3 is 0 Å². The summed E-state index contributed by atoms with van der Waals surface area (Å²) in [7, 11) is -2.48. The zero-order valence-corrected chi connectivity index (χ0v) is 21.1. The maximum absolute atomic E-state index is 12.5. The van der Waals surface area contributed by atoms with Crippen molar-refractivity contribution < 1.29 is 27.6 Å². The van der Waals surface area contributed by atoms with Crippen LogP contribution in [0.5, 0.6) is 11.5 Å². The summed E-state index contributed by atoms with van der Waals surface area (Å²) in [5.41, 5.74) is 0.712. The van der Waals surface area contributed by atoms with Gasteiger partial charge in [0.25, 0.3) is 11.6 Å². The van der Waals surface area contributed by atoms with E-state index in [1.54, 1.807) is 48.5 Å². The molecule has 36 heavy (non-hydrogen) atoms. The zero-order valence-electron chi connectivity index (χ0n) is 19.5. The van der Waals surface area contributed by atoms with Crippen molar-refractivity contribution in [2.75, 3.05) is 30.8 Å². The summed E-state index contributed by atoms with van der Waals surface area (Å²) >= 11 is 5.83. The van der Waals surface area contributed by atoms with Crippen molar-refractivity contribution in [2.45, 2.75) is 6.54 Å². The zero-order chi connectivity index (χ0) is 26.3. The number of anilines is 1. The van der Waals surface area contributed by atoms with Crippen LogP contribution in [-0.4, -0.2) is 45.8 Å². The summed E-state index contributed by atoms with van der Waals surface area (Å²) in [5, 5.41) is 14.6. The van der Waals surface area contributed by atoms with Crippen LogP contribution in [0.4, 0.5) is 11.4 Å². The molecule has 3 aromatic carbocycles. The summed E-state index contributed by atoms with van der Waals surface area (Å²) in [6, 6.07) is 16.9. The molecule has 0 heterocycles. The molecule has 0 fully saturated rings. The Morgan fingerprint density at radius 1 is 1.08 bits per heavy atom. The monoisotopic (exact) mass is 533 g/mol. The van der Waals surface area contributed by atoms with E-state index in [0.717, 1.165) is 16.6 Å². The average Bonchev–Trinajstić information content (AvgIpc) is 2.85. The van der Waals surface area contributed by atoms with E-state index in [0.29, 0.717) is 21.9 Å².